The summed E-state index contributed by atoms with van der Waals surface area (Å²) >= 11 is 0. The molecule has 1 aliphatic rings. The first-order valence-corrected chi connectivity index (χ1v) is 13.9. The molecule has 0 spiro atoms. The van der Waals surface area contributed by atoms with E-state index in [4.69, 9.17) is 14.2 Å². The number of carbonyl (C=O) groups excluding carboxylic acids is 1. The number of aliphatic hydroxyl groups excluding tert-OH is 1. The van der Waals surface area contributed by atoms with Crippen LogP contribution in [0.25, 0.3) is 0 Å². The first-order valence-electron chi connectivity index (χ1n) is 13.9. The van der Waals surface area contributed by atoms with Gasteiger partial charge >= 0.3 is 18.4 Å². The van der Waals surface area contributed by atoms with E-state index in [0.29, 0.717) is 36.4 Å². The number of hydrogen-bond donors (Lipinski definition) is 2. The SMILES string of the molecule is CCOC(=O)N1c2ccc(OC)nc2[C@@H](Nc2ncc(OCCO)c(Cc3cc(C(F)(F)F)cc(C(F)(F)F)c3)n2)C[C@H]1CC. The van der Waals surface area contributed by atoms with Gasteiger partial charge in [-0.15, -0.1) is 0 Å². The first kappa shape index (κ1) is 33.6. The molecule has 3 aromatic rings. The van der Waals surface area contributed by atoms with Crippen LogP contribution in [0.4, 0.5) is 42.8 Å². The van der Waals surface area contributed by atoms with Crippen LogP contribution >= 0.6 is 0 Å². The van der Waals surface area contributed by atoms with Crippen molar-refractivity contribution >= 4 is 17.7 Å². The predicted octanol–water partition coefficient (Wildman–Crippen LogP) is 6.18. The zero-order valence-corrected chi connectivity index (χ0v) is 24.5. The van der Waals surface area contributed by atoms with Crippen molar-refractivity contribution in [1.29, 1.82) is 0 Å². The van der Waals surface area contributed by atoms with Gasteiger partial charge in [0, 0.05) is 18.5 Å². The average Bonchev–Trinajstić information content (AvgIpc) is 2.99. The van der Waals surface area contributed by atoms with Crippen molar-refractivity contribution in [3.05, 3.63) is 64.6 Å². The Balaban J connectivity index is 1.75. The smallest absolute Gasteiger partial charge is 0.416 e. The standard InChI is InChI=1S/C29H31F6N5O5/c1-4-19-14-21(25-22(6-7-24(39-25)43-3)40(19)27(42)44-5-2)38-26-36-15-23(45-9-8-41)20(37-26)12-16-10-17(28(30,31)32)13-18(11-16)29(33,34)35/h6-7,10-11,13,15,19,21,41H,4-5,8-9,12,14H2,1-3H3,(H,36,37,38)/t19-,21+/m1/s1. The summed E-state index contributed by atoms with van der Waals surface area (Å²) < 4.78 is 97.0. The van der Waals surface area contributed by atoms with Crippen LogP contribution < -0.4 is 19.7 Å². The van der Waals surface area contributed by atoms with Gasteiger partial charge in [0.05, 0.1) is 60.8 Å². The molecule has 0 fully saturated rings. The van der Waals surface area contributed by atoms with E-state index in [9.17, 15) is 36.2 Å². The van der Waals surface area contributed by atoms with Gasteiger partial charge in [-0.25, -0.2) is 19.7 Å². The Kier molecular flexibility index (Phi) is 10.3. The maximum atomic E-state index is 13.5. The van der Waals surface area contributed by atoms with E-state index in [2.05, 4.69) is 20.3 Å². The van der Waals surface area contributed by atoms with Crippen LogP contribution in [0, 0.1) is 0 Å². The summed E-state index contributed by atoms with van der Waals surface area (Å²) in [4.78, 5) is 27.6. The number of ether oxygens (including phenoxy) is 3. The molecular formula is C29H31F6N5O5. The summed E-state index contributed by atoms with van der Waals surface area (Å²) in [7, 11) is 1.43. The summed E-state index contributed by atoms with van der Waals surface area (Å²) in [5.74, 6) is 0.201. The van der Waals surface area contributed by atoms with Crippen LogP contribution in [0.15, 0.2) is 36.5 Å². The third-order valence-electron chi connectivity index (χ3n) is 6.98. The van der Waals surface area contributed by atoms with E-state index < -0.39 is 48.6 Å². The van der Waals surface area contributed by atoms with Gasteiger partial charge in [0.25, 0.3) is 0 Å². The molecule has 3 heterocycles. The molecule has 45 heavy (non-hydrogen) atoms. The van der Waals surface area contributed by atoms with Crippen LogP contribution in [-0.2, 0) is 23.5 Å². The molecule has 10 nitrogen and oxygen atoms in total. The highest BCUT2D eigenvalue weighted by atomic mass is 19.4. The van der Waals surface area contributed by atoms with Crippen LogP contribution in [-0.4, -0.2) is 59.1 Å². The Morgan fingerprint density at radius 3 is 2.33 bits per heavy atom. The molecule has 2 aromatic heterocycles. The van der Waals surface area contributed by atoms with Gasteiger partial charge in [-0.1, -0.05) is 6.92 Å². The lowest BCUT2D eigenvalue weighted by molar-refractivity contribution is -0.143. The normalized spacial score (nSPS) is 16.6. The van der Waals surface area contributed by atoms with Gasteiger partial charge in [0.1, 0.15) is 6.61 Å². The van der Waals surface area contributed by atoms with Crippen LogP contribution in [0.2, 0.25) is 0 Å². The number of methoxy groups -OCH3 is 1. The van der Waals surface area contributed by atoms with E-state index in [1.54, 1.807) is 19.1 Å². The summed E-state index contributed by atoms with van der Waals surface area (Å²) in [6.45, 7) is 3.10. The third-order valence-corrected chi connectivity index (χ3v) is 6.98. The Hall–Kier alpha value is -4.34. The highest BCUT2D eigenvalue weighted by Crippen LogP contribution is 2.41. The van der Waals surface area contributed by atoms with E-state index in [1.165, 1.54) is 18.2 Å². The lowest BCUT2D eigenvalue weighted by Crippen LogP contribution is -2.46. The third kappa shape index (κ3) is 7.85. The Bertz CT molecular complexity index is 1470. The number of nitrogens with one attached hydrogen (secondary N) is 1. The minimum atomic E-state index is -5.03. The van der Waals surface area contributed by atoms with Crippen LogP contribution in [0.1, 0.15) is 60.8 Å². The van der Waals surface area contributed by atoms with Gasteiger partial charge < -0.3 is 24.6 Å². The number of aliphatic hydroxyl groups is 1. The fraction of sp³-hybridized carbons (Fsp3) is 0.448. The van der Waals surface area contributed by atoms with Gasteiger partial charge in [-0.3, -0.25) is 4.90 Å². The van der Waals surface area contributed by atoms with Crippen molar-refractivity contribution in [3.63, 3.8) is 0 Å². The highest BCUT2D eigenvalue weighted by Gasteiger charge is 2.39. The second-order valence-electron chi connectivity index (χ2n) is 9.99. The molecule has 0 unspecified atom stereocenters. The van der Waals surface area contributed by atoms with Crippen molar-refractivity contribution in [2.75, 3.05) is 37.1 Å². The monoisotopic (exact) mass is 643 g/mol. The molecule has 4 rings (SSSR count). The fourth-order valence-electron chi connectivity index (χ4n) is 4.97. The Morgan fingerprint density at radius 2 is 1.76 bits per heavy atom. The fourth-order valence-corrected chi connectivity index (χ4v) is 4.97. The molecule has 244 valence electrons. The van der Waals surface area contributed by atoms with Gasteiger partial charge in [0.15, 0.2) is 5.75 Å². The van der Waals surface area contributed by atoms with E-state index in [-0.39, 0.29) is 54.2 Å². The minimum absolute atomic E-state index is 0.0237. The number of alkyl halides is 6. The molecular weight excluding hydrogens is 612 g/mol. The molecule has 0 aliphatic carbocycles. The number of anilines is 2. The number of rotatable bonds is 10. The zero-order chi connectivity index (χ0) is 32.9. The zero-order valence-electron chi connectivity index (χ0n) is 24.5. The van der Waals surface area contributed by atoms with Crippen LogP contribution in [0.3, 0.4) is 0 Å². The van der Waals surface area contributed by atoms with Gasteiger partial charge in [0.2, 0.25) is 11.8 Å². The van der Waals surface area contributed by atoms with Gasteiger partial charge in [-0.2, -0.15) is 26.3 Å². The van der Waals surface area contributed by atoms with E-state index in [1.807, 2.05) is 6.92 Å². The molecule has 0 bridgehead atoms. The highest BCUT2D eigenvalue weighted by molar-refractivity contribution is 5.90. The molecule has 0 saturated heterocycles. The van der Waals surface area contributed by atoms with Crippen molar-refractivity contribution in [2.24, 2.45) is 0 Å². The Labute approximate surface area is 254 Å². The maximum absolute atomic E-state index is 13.5. The molecule has 1 amide bonds. The number of pyridine rings is 1. The summed E-state index contributed by atoms with van der Waals surface area (Å²) in [6.07, 6.45) is -9.01. The molecule has 0 radical (unpaired) electrons. The second-order valence-corrected chi connectivity index (χ2v) is 9.99. The summed E-state index contributed by atoms with van der Waals surface area (Å²) in [5, 5.41) is 12.4. The van der Waals surface area contributed by atoms with Crippen molar-refractivity contribution in [3.8, 4) is 11.6 Å². The number of halogens is 6. The number of fused-ring (bicyclic) bond motifs is 1. The maximum Gasteiger partial charge on any atom is 0.416 e. The Morgan fingerprint density at radius 1 is 1.07 bits per heavy atom. The number of aromatic nitrogens is 3. The summed E-state index contributed by atoms with van der Waals surface area (Å²) in [5.41, 5.74) is -2.41. The lowest BCUT2D eigenvalue weighted by Gasteiger charge is -2.39. The number of carbonyl (C=O) groups is 1. The van der Waals surface area contributed by atoms with Crippen LogP contribution in [0.5, 0.6) is 11.6 Å². The minimum Gasteiger partial charge on any atom is -0.488 e. The molecule has 0 saturated carbocycles. The van der Waals surface area contributed by atoms with E-state index in [0.717, 1.165) is 0 Å². The first-order chi connectivity index (χ1) is 21.3. The molecule has 16 heteroatoms. The van der Waals surface area contributed by atoms with Crippen molar-refractivity contribution in [2.45, 2.75) is 57.5 Å². The number of hydrogen-bond acceptors (Lipinski definition) is 9. The number of benzene rings is 1. The second kappa shape index (κ2) is 13.7. The molecule has 2 atom stereocenters. The molecule has 1 aliphatic heterocycles. The predicted molar refractivity (Wildman–Crippen MR) is 149 cm³/mol. The average molecular weight is 644 g/mol. The number of nitrogens with zero attached hydrogens (tertiary/aromatic N) is 4. The lowest BCUT2D eigenvalue weighted by atomic mass is 9.93. The van der Waals surface area contributed by atoms with E-state index >= 15 is 0 Å². The van der Waals surface area contributed by atoms with Crippen molar-refractivity contribution < 1.29 is 50.5 Å². The number of amides is 1. The van der Waals surface area contributed by atoms with Crippen molar-refractivity contribution in [1.82, 2.24) is 15.0 Å². The molecule has 1 aromatic carbocycles. The topological polar surface area (TPSA) is 119 Å². The summed E-state index contributed by atoms with van der Waals surface area (Å²) in [6, 6.07) is 3.61. The quantitative estimate of drug-likeness (QED) is 0.250. The van der Waals surface area contributed by atoms with Gasteiger partial charge in [-0.05, 0) is 49.6 Å². The molecule has 2 N–H and O–H groups in total. The largest absolute Gasteiger partial charge is 0.488 e.